The van der Waals surface area contributed by atoms with Crippen LogP contribution in [0.2, 0.25) is 0 Å². The molecule has 0 unspecified atom stereocenters. The van der Waals surface area contributed by atoms with Crippen LogP contribution < -0.4 is 5.73 Å². The molecule has 0 atom stereocenters. The summed E-state index contributed by atoms with van der Waals surface area (Å²) in [5, 5.41) is 7.44. The minimum atomic E-state index is 0.166. The number of aryl methyl sites for hydroxylation is 1. The van der Waals surface area contributed by atoms with Crippen molar-refractivity contribution in [2.75, 3.05) is 5.73 Å². The van der Waals surface area contributed by atoms with Crippen molar-refractivity contribution in [2.24, 2.45) is 0 Å². The average molecular weight is 223 g/mol. The number of anilines is 1. The van der Waals surface area contributed by atoms with Crippen LogP contribution in [0, 0.1) is 0 Å². The summed E-state index contributed by atoms with van der Waals surface area (Å²) in [5.74, 6) is 0.657. The number of hydrogen-bond donors (Lipinski definition) is 1. The van der Waals surface area contributed by atoms with Crippen LogP contribution in [0.15, 0.2) is 17.1 Å². The van der Waals surface area contributed by atoms with E-state index in [4.69, 9.17) is 10.2 Å². The normalized spacial score (nSPS) is 10.5. The van der Waals surface area contributed by atoms with Crippen molar-refractivity contribution in [2.45, 2.75) is 51.4 Å². The molecule has 0 aromatic carbocycles. The Hall–Kier alpha value is -1.32. The van der Waals surface area contributed by atoms with Crippen LogP contribution in [0.25, 0.3) is 0 Å². The van der Waals surface area contributed by atoms with Crippen LogP contribution >= 0.6 is 0 Å². The highest BCUT2D eigenvalue weighted by Crippen LogP contribution is 2.10. The van der Waals surface area contributed by atoms with Crippen LogP contribution in [0.4, 0.5) is 6.01 Å². The molecule has 0 spiro atoms. The maximum absolute atomic E-state index is 5.33. The van der Waals surface area contributed by atoms with Crippen LogP contribution in [0.3, 0.4) is 0 Å². The van der Waals surface area contributed by atoms with E-state index in [0.29, 0.717) is 5.89 Å². The lowest BCUT2D eigenvalue weighted by molar-refractivity contribution is 0.490. The highest BCUT2D eigenvalue weighted by molar-refractivity contribution is 5.04. The van der Waals surface area contributed by atoms with Gasteiger partial charge >= 0.3 is 6.01 Å². The van der Waals surface area contributed by atoms with Gasteiger partial charge in [0.25, 0.3) is 0 Å². The molecular weight excluding hydrogens is 202 g/mol. The van der Waals surface area contributed by atoms with Crippen molar-refractivity contribution >= 4 is 6.01 Å². The van der Waals surface area contributed by atoms with Crippen molar-refractivity contribution < 1.29 is 4.42 Å². The second kappa shape index (κ2) is 7.91. The Morgan fingerprint density at radius 3 is 2.38 bits per heavy atom. The first-order chi connectivity index (χ1) is 7.83. The Balaban J connectivity index is 1.90. The first-order valence-corrected chi connectivity index (χ1v) is 6.01. The molecule has 4 heteroatoms. The number of rotatable bonds is 9. The van der Waals surface area contributed by atoms with Crippen LogP contribution in [-0.2, 0) is 6.42 Å². The van der Waals surface area contributed by atoms with Crippen LogP contribution in [0.5, 0.6) is 0 Å². The molecule has 0 bridgehead atoms. The molecule has 0 saturated carbocycles. The minimum absolute atomic E-state index is 0.166. The summed E-state index contributed by atoms with van der Waals surface area (Å²) >= 11 is 0. The highest BCUT2D eigenvalue weighted by Gasteiger charge is 2.01. The third-order valence-corrected chi connectivity index (χ3v) is 2.53. The van der Waals surface area contributed by atoms with E-state index in [-0.39, 0.29) is 6.01 Å². The summed E-state index contributed by atoms with van der Waals surface area (Å²) in [6.45, 7) is 3.71. The number of nitrogen functional groups attached to an aromatic ring is 1. The Bertz CT molecular complexity index is 296. The summed E-state index contributed by atoms with van der Waals surface area (Å²) in [7, 11) is 0. The lowest BCUT2D eigenvalue weighted by Crippen LogP contribution is -1.86. The molecule has 0 aliphatic heterocycles. The van der Waals surface area contributed by atoms with Crippen molar-refractivity contribution in [3.05, 3.63) is 18.5 Å². The molecule has 1 heterocycles. The van der Waals surface area contributed by atoms with Gasteiger partial charge in [-0.2, -0.15) is 0 Å². The number of allylic oxidation sites excluding steroid dienone is 1. The van der Waals surface area contributed by atoms with Gasteiger partial charge in [-0.1, -0.05) is 36.9 Å². The standard InChI is InChI=1S/C12H21N3O/c1-2-3-4-5-6-7-8-9-10-11-14-15-12(13)16-11/h2H,1,3-10H2,(H2,13,15). The van der Waals surface area contributed by atoms with E-state index in [1.807, 2.05) is 6.08 Å². The number of aromatic nitrogens is 2. The van der Waals surface area contributed by atoms with Crippen molar-refractivity contribution in [3.63, 3.8) is 0 Å². The van der Waals surface area contributed by atoms with Gasteiger partial charge in [-0.15, -0.1) is 11.7 Å². The number of nitrogens with zero attached hydrogens (tertiary/aromatic N) is 2. The maximum atomic E-state index is 5.33. The lowest BCUT2D eigenvalue weighted by atomic mass is 10.1. The zero-order valence-corrected chi connectivity index (χ0v) is 9.82. The predicted octanol–water partition coefficient (Wildman–Crippen LogP) is 3.11. The third-order valence-electron chi connectivity index (χ3n) is 2.53. The van der Waals surface area contributed by atoms with Gasteiger partial charge in [0.2, 0.25) is 5.89 Å². The van der Waals surface area contributed by atoms with Crippen molar-refractivity contribution in [1.82, 2.24) is 10.2 Å². The predicted molar refractivity (Wildman–Crippen MR) is 64.9 cm³/mol. The fraction of sp³-hybridized carbons (Fsp3) is 0.667. The smallest absolute Gasteiger partial charge is 0.312 e. The molecule has 2 N–H and O–H groups in total. The summed E-state index contributed by atoms with van der Waals surface area (Å²) in [6, 6.07) is 0.166. The Morgan fingerprint density at radius 2 is 1.75 bits per heavy atom. The van der Waals surface area contributed by atoms with Crippen LogP contribution in [0.1, 0.15) is 50.8 Å². The van der Waals surface area contributed by atoms with E-state index in [0.717, 1.165) is 19.3 Å². The fourth-order valence-corrected chi connectivity index (χ4v) is 1.64. The third kappa shape index (κ3) is 5.53. The highest BCUT2D eigenvalue weighted by atomic mass is 16.4. The summed E-state index contributed by atoms with van der Waals surface area (Å²) < 4.78 is 5.09. The Kier molecular flexibility index (Phi) is 6.30. The largest absolute Gasteiger partial charge is 0.408 e. The zero-order chi connectivity index (χ0) is 11.6. The summed E-state index contributed by atoms with van der Waals surface area (Å²) in [6.07, 6.45) is 11.4. The second-order valence-electron chi connectivity index (χ2n) is 3.98. The van der Waals surface area contributed by atoms with Gasteiger partial charge in [0.05, 0.1) is 0 Å². The van der Waals surface area contributed by atoms with E-state index in [1.54, 1.807) is 0 Å². The van der Waals surface area contributed by atoms with Gasteiger partial charge < -0.3 is 10.2 Å². The molecule has 0 aliphatic carbocycles. The molecule has 90 valence electrons. The lowest BCUT2D eigenvalue weighted by Gasteiger charge is -1.99. The molecular formula is C12H21N3O. The molecule has 0 saturated heterocycles. The fourth-order valence-electron chi connectivity index (χ4n) is 1.64. The van der Waals surface area contributed by atoms with E-state index in [9.17, 15) is 0 Å². The van der Waals surface area contributed by atoms with Gasteiger partial charge in [-0.3, -0.25) is 0 Å². The summed E-state index contributed by atoms with van der Waals surface area (Å²) in [5.41, 5.74) is 5.33. The molecule has 1 aromatic heterocycles. The Labute approximate surface area is 96.9 Å². The molecule has 1 rings (SSSR count). The number of unbranched alkanes of at least 4 members (excludes halogenated alkanes) is 6. The van der Waals surface area contributed by atoms with E-state index < -0.39 is 0 Å². The van der Waals surface area contributed by atoms with E-state index in [2.05, 4.69) is 16.8 Å². The van der Waals surface area contributed by atoms with Gasteiger partial charge in [0.15, 0.2) is 0 Å². The molecule has 0 radical (unpaired) electrons. The second-order valence-corrected chi connectivity index (χ2v) is 3.98. The molecule has 4 nitrogen and oxygen atoms in total. The molecule has 1 aromatic rings. The minimum Gasteiger partial charge on any atom is -0.408 e. The quantitative estimate of drug-likeness (QED) is 0.516. The van der Waals surface area contributed by atoms with Crippen molar-refractivity contribution in [1.29, 1.82) is 0 Å². The van der Waals surface area contributed by atoms with Gasteiger partial charge in [-0.05, 0) is 19.3 Å². The molecule has 16 heavy (non-hydrogen) atoms. The number of nitrogens with two attached hydrogens (primary N) is 1. The van der Waals surface area contributed by atoms with Crippen LogP contribution in [-0.4, -0.2) is 10.2 Å². The molecule has 0 aliphatic rings. The first kappa shape index (κ1) is 12.7. The average Bonchev–Trinajstić information content (AvgIpc) is 2.68. The van der Waals surface area contributed by atoms with Crippen molar-refractivity contribution in [3.8, 4) is 0 Å². The monoisotopic (exact) mass is 223 g/mol. The van der Waals surface area contributed by atoms with Gasteiger partial charge in [0, 0.05) is 6.42 Å². The topological polar surface area (TPSA) is 64.9 Å². The van der Waals surface area contributed by atoms with Gasteiger partial charge in [-0.25, -0.2) is 0 Å². The van der Waals surface area contributed by atoms with E-state index in [1.165, 1.54) is 32.1 Å². The Morgan fingerprint density at radius 1 is 1.06 bits per heavy atom. The molecule has 0 amide bonds. The number of hydrogen-bond acceptors (Lipinski definition) is 4. The summed E-state index contributed by atoms with van der Waals surface area (Å²) in [4.78, 5) is 0. The zero-order valence-electron chi connectivity index (χ0n) is 9.82. The first-order valence-electron chi connectivity index (χ1n) is 6.01. The SMILES string of the molecule is C=CCCCCCCCCc1nnc(N)o1. The van der Waals surface area contributed by atoms with E-state index >= 15 is 0 Å². The van der Waals surface area contributed by atoms with Gasteiger partial charge in [0.1, 0.15) is 0 Å². The maximum Gasteiger partial charge on any atom is 0.312 e. The molecule has 0 fully saturated rings.